The van der Waals surface area contributed by atoms with Gasteiger partial charge in [0, 0.05) is 19.1 Å². The topological polar surface area (TPSA) is 47.3 Å². The zero-order valence-corrected chi connectivity index (χ0v) is 5.76. The number of ether oxygens (including phenoxy) is 1. The average Bonchev–Trinajstić information content (AvgIpc) is 1.90. The molecule has 1 aliphatic heterocycles. The molecule has 1 rings (SSSR count). The Bertz CT molecular complexity index is 79.1. The quantitative estimate of drug-likeness (QED) is 0.494. The molecule has 3 nitrogen and oxygen atoms in total. The van der Waals surface area contributed by atoms with E-state index in [2.05, 4.69) is 5.32 Å². The maximum atomic E-state index is 5.60. The lowest BCUT2D eigenvalue weighted by Gasteiger charge is -2.26. The molecular weight excluding hydrogens is 116 g/mol. The van der Waals surface area contributed by atoms with Crippen molar-refractivity contribution < 1.29 is 4.74 Å². The van der Waals surface area contributed by atoms with E-state index in [0.29, 0.717) is 0 Å². The minimum Gasteiger partial charge on any atom is -0.374 e. The Morgan fingerprint density at radius 3 is 2.89 bits per heavy atom. The summed E-state index contributed by atoms with van der Waals surface area (Å²) in [5, 5.41) is 3.21. The minimum absolute atomic E-state index is 0.151. The van der Waals surface area contributed by atoms with E-state index in [1.54, 1.807) is 0 Å². The normalized spacial score (nSPS) is 32.0. The molecular formula is C6H14N2O. The van der Waals surface area contributed by atoms with Crippen molar-refractivity contribution in [2.45, 2.75) is 19.1 Å². The van der Waals surface area contributed by atoms with Crippen molar-refractivity contribution in [3.05, 3.63) is 0 Å². The minimum atomic E-state index is 0.151. The lowest BCUT2D eigenvalue weighted by molar-refractivity contribution is 0.0162. The summed E-state index contributed by atoms with van der Waals surface area (Å²) in [5.41, 5.74) is 5.60. The molecule has 54 valence electrons. The second-order valence-corrected chi connectivity index (χ2v) is 2.47. The zero-order valence-electron chi connectivity index (χ0n) is 5.76. The first kappa shape index (κ1) is 6.99. The third-order valence-corrected chi connectivity index (χ3v) is 1.54. The van der Waals surface area contributed by atoms with Crippen LogP contribution in [0.2, 0.25) is 0 Å². The zero-order chi connectivity index (χ0) is 6.69. The summed E-state index contributed by atoms with van der Waals surface area (Å²) in [7, 11) is 0. The number of rotatable bonds is 1. The first-order chi connectivity index (χ1) is 4.30. The van der Waals surface area contributed by atoms with Crippen molar-refractivity contribution in [1.29, 1.82) is 0 Å². The van der Waals surface area contributed by atoms with Crippen LogP contribution in [0.15, 0.2) is 0 Å². The van der Waals surface area contributed by atoms with Gasteiger partial charge in [-0.2, -0.15) is 0 Å². The van der Waals surface area contributed by atoms with Crippen LogP contribution in [0.5, 0.6) is 0 Å². The van der Waals surface area contributed by atoms with Gasteiger partial charge in [0.25, 0.3) is 0 Å². The third kappa shape index (κ3) is 1.93. The molecule has 0 aromatic carbocycles. The van der Waals surface area contributed by atoms with Gasteiger partial charge in [0.05, 0.1) is 12.7 Å². The summed E-state index contributed by atoms with van der Waals surface area (Å²) in [6, 6.07) is 0.151. The molecule has 0 bridgehead atoms. The molecule has 0 radical (unpaired) electrons. The lowest BCUT2D eigenvalue weighted by Crippen LogP contribution is -2.47. The van der Waals surface area contributed by atoms with Crippen molar-refractivity contribution in [2.24, 2.45) is 5.73 Å². The summed E-state index contributed by atoms with van der Waals surface area (Å²) in [5.74, 6) is 0. The Morgan fingerprint density at radius 1 is 1.78 bits per heavy atom. The van der Waals surface area contributed by atoms with Gasteiger partial charge in [0.1, 0.15) is 0 Å². The van der Waals surface area contributed by atoms with E-state index in [4.69, 9.17) is 10.5 Å². The average molecular weight is 130 g/mol. The standard InChI is InChI=1S/C6H14N2O/c1-5(7)6-4-8-2-3-9-6/h5-6,8H,2-4,7H2,1H3/t5-,6-/m0/s1. The van der Waals surface area contributed by atoms with Gasteiger partial charge in [-0.25, -0.2) is 0 Å². The molecule has 2 atom stereocenters. The van der Waals surface area contributed by atoms with E-state index < -0.39 is 0 Å². The number of morpholine rings is 1. The molecule has 0 aliphatic carbocycles. The van der Waals surface area contributed by atoms with Gasteiger partial charge >= 0.3 is 0 Å². The molecule has 3 heteroatoms. The molecule has 0 aromatic heterocycles. The first-order valence-electron chi connectivity index (χ1n) is 3.38. The van der Waals surface area contributed by atoms with Crippen LogP contribution in [0.4, 0.5) is 0 Å². The molecule has 1 heterocycles. The number of nitrogens with one attached hydrogen (secondary N) is 1. The molecule has 0 spiro atoms. The number of hydrogen-bond acceptors (Lipinski definition) is 3. The lowest BCUT2D eigenvalue weighted by atomic mass is 10.2. The van der Waals surface area contributed by atoms with Crippen LogP contribution in [0.3, 0.4) is 0 Å². The van der Waals surface area contributed by atoms with Gasteiger partial charge in [0.15, 0.2) is 0 Å². The van der Waals surface area contributed by atoms with Gasteiger partial charge in [-0.05, 0) is 6.92 Å². The molecule has 1 saturated heterocycles. The third-order valence-electron chi connectivity index (χ3n) is 1.54. The smallest absolute Gasteiger partial charge is 0.0847 e. The predicted molar refractivity (Wildman–Crippen MR) is 36.3 cm³/mol. The molecule has 9 heavy (non-hydrogen) atoms. The van der Waals surface area contributed by atoms with Crippen LogP contribution in [0, 0.1) is 0 Å². The van der Waals surface area contributed by atoms with Crippen LogP contribution in [-0.2, 0) is 4.74 Å². The fraction of sp³-hybridized carbons (Fsp3) is 1.00. The van der Waals surface area contributed by atoms with Gasteiger partial charge in [0.2, 0.25) is 0 Å². The molecule has 1 aliphatic rings. The van der Waals surface area contributed by atoms with Crippen molar-refractivity contribution >= 4 is 0 Å². The van der Waals surface area contributed by atoms with Crippen molar-refractivity contribution in [1.82, 2.24) is 5.32 Å². The van der Waals surface area contributed by atoms with E-state index in [0.717, 1.165) is 19.7 Å². The van der Waals surface area contributed by atoms with E-state index in [1.807, 2.05) is 6.92 Å². The summed E-state index contributed by atoms with van der Waals surface area (Å²) in [6.45, 7) is 4.63. The van der Waals surface area contributed by atoms with Gasteiger partial charge < -0.3 is 15.8 Å². The molecule has 1 fully saturated rings. The highest BCUT2D eigenvalue weighted by molar-refractivity contribution is 4.74. The number of nitrogens with two attached hydrogens (primary N) is 1. The van der Waals surface area contributed by atoms with Crippen molar-refractivity contribution in [3.8, 4) is 0 Å². The maximum Gasteiger partial charge on any atom is 0.0847 e. The van der Waals surface area contributed by atoms with E-state index in [1.165, 1.54) is 0 Å². The first-order valence-corrected chi connectivity index (χ1v) is 3.38. The van der Waals surface area contributed by atoms with Crippen LogP contribution >= 0.6 is 0 Å². The maximum absolute atomic E-state index is 5.60. The summed E-state index contributed by atoms with van der Waals surface area (Å²) >= 11 is 0. The Balaban J connectivity index is 2.23. The fourth-order valence-corrected chi connectivity index (χ4v) is 0.923. The van der Waals surface area contributed by atoms with Crippen LogP contribution in [0.25, 0.3) is 0 Å². The van der Waals surface area contributed by atoms with Gasteiger partial charge in [-0.15, -0.1) is 0 Å². The molecule has 0 unspecified atom stereocenters. The number of hydrogen-bond donors (Lipinski definition) is 2. The molecule has 3 N–H and O–H groups in total. The Morgan fingerprint density at radius 2 is 2.56 bits per heavy atom. The molecule has 0 saturated carbocycles. The highest BCUT2D eigenvalue weighted by atomic mass is 16.5. The highest BCUT2D eigenvalue weighted by Crippen LogP contribution is 1.98. The van der Waals surface area contributed by atoms with Crippen LogP contribution in [0.1, 0.15) is 6.92 Å². The Hall–Kier alpha value is -0.120. The second kappa shape index (κ2) is 3.15. The van der Waals surface area contributed by atoms with Crippen molar-refractivity contribution in [2.75, 3.05) is 19.7 Å². The van der Waals surface area contributed by atoms with Crippen molar-refractivity contribution in [3.63, 3.8) is 0 Å². The van der Waals surface area contributed by atoms with Gasteiger partial charge in [-0.3, -0.25) is 0 Å². The van der Waals surface area contributed by atoms with Gasteiger partial charge in [-0.1, -0.05) is 0 Å². The fourth-order valence-electron chi connectivity index (χ4n) is 0.923. The van der Waals surface area contributed by atoms with E-state index >= 15 is 0 Å². The Labute approximate surface area is 55.6 Å². The monoisotopic (exact) mass is 130 g/mol. The largest absolute Gasteiger partial charge is 0.374 e. The van der Waals surface area contributed by atoms with E-state index in [-0.39, 0.29) is 12.1 Å². The van der Waals surface area contributed by atoms with Crippen LogP contribution in [-0.4, -0.2) is 31.8 Å². The predicted octanol–water partition coefficient (Wildman–Crippen LogP) is -0.678. The molecule has 0 aromatic rings. The SMILES string of the molecule is C[C@H](N)[C@@H]1CNCCO1. The summed E-state index contributed by atoms with van der Waals surface area (Å²) < 4.78 is 5.35. The Kier molecular flexibility index (Phi) is 2.45. The van der Waals surface area contributed by atoms with E-state index in [9.17, 15) is 0 Å². The summed E-state index contributed by atoms with van der Waals surface area (Å²) in [6.07, 6.45) is 0.221. The highest BCUT2D eigenvalue weighted by Gasteiger charge is 2.16. The molecule has 0 amide bonds. The van der Waals surface area contributed by atoms with Crippen LogP contribution < -0.4 is 11.1 Å². The second-order valence-electron chi connectivity index (χ2n) is 2.47. The summed E-state index contributed by atoms with van der Waals surface area (Å²) in [4.78, 5) is 0.